The summed E-state index contributed by atoms with van der Waals surface area (Å²) < 4.78 is 0. The minimum absolute atomic E-state index is 0.0419. The molecule has 2 heterocycles. The molecule has 1 aromatic carbocycles. The Hall–Kier alpha value is -3.00. The lowest BCUT2D eigenvalue weighted by Crippen LogP contribution is -2.34. The highest BCUT2D eigenvalue weighted by atomic mass is 32.1. The van der Waals surface area contributed by atoms with E-state index in [2.05, 4.69) is 53.4 Å². The molecule has 0 radical (unpaired) electrons. The summed E-state index contributed by atoms with van der Waals surface area (Å²) >= 11 is 1.63. The Balaban J connectivity index is 1.77. The van der Waals surface area contributed by atoms with Gasteiger partial charge in [0, 0.05) is 36.5 Å². The Morgan fingerprint density at radius 2 is 1.84 bits per heavy atom. The molecule has 8 heteroatoms. The van der Waals surface area contributed by atoms with Gasteiger partial charge in [0.2, 0.25) is 5.91 Å². The van der Waals surface area contributed by atoms with Gasteiger partial charge in [0.1, 0.15) is 17.0 Å². The summed E-state index contributed by atoms with van der Waals surface area (Å²) in [5, 5.41) is 13.2. The number of rotatable bonds is 10. The largest absolute Gasteiger partial charge is 0.481 e. The van der Waals surface area contributed by atoms with Crippen molar-refractivity contribution >= 4 is 39.2 Å². The molecule has 3 rings (SSSR count). The standard InChI is InChI=1S/C23H28N4O3S/c1-4-12-27(13-10-19(29)30)18(28)9-11-24-22-21-20(17-7-5-15(2)6-8-17)16(3)31-23(21)26-14-25-22/h5-8,14H,4,9-13H2,1-3H3,(H,29,30)(H,24,25,26). The molecule has 0 aliphatic carbocycles. The number of aliphatic carboxylic acids is 1. The van der Waals surface area contributed by atoms with Crippen molar-refractivity contribution in [1.29, 1.82) is 0 Å². The maximum atomic E-state index is 12.6. The van der Waals surface area contributed by atoms with Crippen LogP contribution in [-0.2, 0) is 9.59 Å². The zero-order chi connectivity index (χ0) is 22.4. The van der Waals surface area contributed by atoms with Gasteiger partial charge in [-0.05, 0) is 25.8 Å². The van der Waals surface area contributed by atoms with Gasteiger partial charge in [0.05, 0.1) is 11.8 Å². The normalized spacial score (nSPS) is 10.9. The van der Waals surface area contributed by atoms with Crippen LogP contribution in [0.15, 0.2) is 30.6 Å². The van der Waals surface area contributed by atoms with E-state index in [4.69, 9.17) is 5.11 Å². The SMILES string of the molecule is CCCN(CCC(=O)O)C(=O)CCNc1ncnc2sc(C)c(-c3ccc(C)cc3)c12. The molecule has 2 N–H and O–H groups in total. The fourth-order valence-corrected chi connectivity index (χ4v) is 4.57. The number of hydrogen-bond donors (Lipinski definition) is 2. The molecule has 31 heavy (non-hydrogen) atoms. The molecule has 0 atom stereocenters. The summed E-state index contributed by atoms with van der Waals surface area (Å²) in [4.78, 5) is 36.0. The Bertz CT molecular complexity index is 1060. The fraction of sp³-hybridized carbons (Fsp3) is 0.391. The first-order valence-electron chi connectivity index (χ1n) is 10.4. The second kappa shape index (κ2) is 10.3. The highest BCUT2D eigenvalue weighted by Crippen LogP contribution is 2.40. The lowest BCUT2D eigenvalue weighted by Gasteiger charge is -2.21. The first kappa shape index (κ1) is 22.7. The number of nitrogens with zero attached hydrogens (tertiary/aromatic N) is 3. The second-order valence-corrected chi connectivity index (χ2v) is 8.71. The van der Waals surface area contributed by atoms with Crippen LogP contribution >= 0.6 is 11.3 Å². The number of fused-ring (bicyclic) bond motifs is 1. The minimum Gasteiger partial charge on any atom is -0.481 e. The predicted molar refractivity (Wildman–Crippen MR) is 125 cm³/mol. The van der Waals surface area contributed by atoms with Crippen LogP contribution in [0.3, 0.4) is 0 Å². The van der Waals surface area contributed by atoms with Crippen molar-refractivity contribution in [2.24, 2.45) is 0 Å². The predicted octanol–water partition coefficient (Wildman–Crippen LogP) is 4.49. The zero-order valence-corrected chi connectivity index (χ0v) is 19.0. The minimum atomic E-state index is -0.896. The molecule has 1 amide bonds. The molecule has 0 unspecified atom stereocenters. The highest BCUT2D eigenvalue weighted by molar-refractivity contribution is 7.19. The number of nitrogens with one attached hydrogen (secondary N) is 1. The van der Waals surface area contributed by atoms with Crippen LogP contribution < -0.4 is 5.32 Å². The topological polar surface area (TPSA) is 95.4 Å². The van der Waals surface area contributed by atoms with Crippen molar-refractivity contribution in [3.63, 3.8) is 0 Å². The van der Waals surface area contributed by atoms with Crippen molar-refractivity contribution in [3.05, 3.63) is 41.0 Å². The molecule has 7 nitrogen and oxygen atoms in total. The van der Waals surface area contributed by atoms with Gasteiger partial charge in [-0.25, -0.2) is 9.97 Å². The summed E-state index contributed by atoms with van der Waals surface area (Å²) in [5.41, 5.74) is 3.43. The first-order chi connectivity index (χ1) is 14.9. The van der Waals surface area contributed by atoms with Crippen molar-refractivity contribution < 1.29 is 14.7 Å². The van der Waals surface area contributed by atoms with Gasteiger partial charge in [-0.1, -0.05) is 36.8 Å². The average molecular weight is 441 g/mol. The van der Waals surface area contributed by atoms with E-state index in [0.29, 0.717) is 18.9 Å². The van der Waals surface area contributed by atoms with E-state index in [-0.39, 0.29) is 25.3 Å². The van der Waals surface area contributed by atoms with Crippen LogP contribution in [0.4, 0.5) is 5.82 Å². The third-order valence-corrected chi connectivity index (χ3v) is 6.09. The molecule has 3 aromatic rings. The van der Waals surface area contributed by atoms with Crippen LogP contribution in [0.1, 0.15) is 36.6 Å². The molecule has 0 aliphatic heterocycles. The van der Waals surface area contributed by atoms with Gasteiger partial charge in [-0.15, -0.1) is 11.3 Å². The summed E-state index contributed by atoms with van der Waals surface area (Å²) in [6.07, 6.45) is 2.56. The number of carboxylic acids is 1. The summed E-state index contributed by atoms with van der Waals surface area (Å²) in [6.45, 7) is 7.34. The number of thiophene rings is 1. The molecule has 0 bridgehead atoms. The van der Waals surface area contributed by atoms with Gasteiger partial charge in [0.25, 0.3) is 0 Å². The molecule has 164 valence electrons. The summed E-state index contributed by atoms with van der Waals surface area (Å²) in [6, 6.07) is 8.39. The number of anilines is 1. The molecule has 0 aliphatic rings. The number of aromatic nitrogens is 2. The third-order valence-electron chi connectivity index (χ3n) is 5.08. The second-order valence-electron chi connectivity index (χ2n) is 7.50. The Labute approximate surface area is 186 Å². The maximum Gasteiger partial charge on any atom is 0.305 e. The van der Waals surface area contributed by atoms with E-state index in [1.807, 2.05) is 6.92 Å². The van der Waals surface area contributed by atoms with Crippen LogP contribution in [0.25, 0.3) is 21.3 Å². The number of benzene rings is 1. The number of hydrogen-bond acceptors (Lipinski definition) is 6. The van der Waals surface area contributed by atoms with Crippen LogP contribution in [-0.4, -0.2) is 51.5 Å². The Morgan fingerprint density at radius 1 is 1.10 bits per heavy atom. The summed E-state index contributed by atoms with van der Waals surface area (Å²) in [5.74, 6) is -0.238. The lowest BCUT2D eigenvalue weighted by atomic mass is 10.0. The molecule has 0 saturated carbocycles. The number of carbonyl (C=O) groups excluding carboxylic acids is 1. The fourth-order valence-electron chi connectivity index (χ4n) is 3.55. The van der Waals surface area contributed by atoms with Crippen LogP contribution in [0.2, 0.25) is 0 Å². The van der Waals surface area contributed by atoms with E-state index in [1.165, 1.54) is 16.8 Å². The van der Waals surface area contributed by atoms with Crippen molar-refractivity contribution in [1.82, 2.24) is 14.9 Å². The van der Waals surface area contributed by atoms with Crippen molar-refractivity contribution in [2.75, 3.05) is 25.0 Å². The quantitative estimate of drug-likeness (QED) is 0.482. The molecule has 2 aromatic heterocycles. The Kier molecular flexibility index (Phi) is 7.57. The monoisotopic (exact) mass is 440 g/mol. The van der Waals surface area contributed by atoms with Gasteiger partial charge in [0.15, 0.2) is 0 Å². The van der Waals surface area contributed by atoms with Gasteiger partial charge in [-0.3, -0.25) is 9.59 Å². The first-order valence-corrected chi connectivity index (χ1v) is 11.3. The lowest BCUT2D eigenvalue weighted by molar-refractivity contribution is -0.138. The van der Waals surface area contributed by atoms with Crippen LogP contribution in [0, 0.1) is 13.8 Å². The van der Waals surface area contributed by atoms with E-state index in [1.54, 1.807) is 16.2 Å². The molecular formula is C23H28N4O3S. The molecule has 0 saturated heterocycles. The number of aryl methyl sites for hydroxylation is 2. The number of carbonyl (C=O) groups is 2. The van der Waals surface area contributed by atoms with E-state index < -0.39 is 5.97 Å². The molecule has 0 fully saturated rings. The summed E-state index contributed by atoms with van der Waals surface area (Å²) in [7, 11) is 0. The smallest absolute Gasteiger partial charge is 0.305 e. The molecular weight excluding hydrogens is 412 g/mol. The van der Waals surface area contributed by atoms with Gasteiger partial charge in [-0.2, -0.15) is 0 Å². The molecule has 0 spiro atoms. The number of amides is 1. The van der Waals surface area contributed by atoms with Crippen molar-refractivity contribution in [2.45, 2.75) is 40.0 Å². The van der Waals surface area contributed by atoms with Gasteiger partial charge >= 0.3 is 5.97 Å². The van der Waals surface area contributed by atoms with Gasteiger partial charge < -0.3 is 15.3 Å². The van der Waals surface area contributed by atoms with E-state index in [0.717, 1.165) is 27.8 Å². The Morgan fingerprint density at radius 3 is 2.52 bits per heavy atom. The van der Waals surface area contributed by atoms with E-state index in [9.17, 15) is 9.59 Å². The van der Waals surface area contributed by atoms with Crippen molar-refractivity contribution in [3.8, 4) is 11.1 Å². The van der Waals surface area contributed by atoms with Crippen LogP contribution in [0.5, 0.6) is 0 Å². The van der Waals surface area contributed by atoms with E-state index >= 15 is 0 Å². The zero-order valence-electron chi connectivity index (χ0n) is 18.1. The number of carboxylic acid groups (broad SMARTS) is 1. The maximum absolute atomic E-state index is 12.6. The third kappa shape index (κ3) is 5.58. The highest BCUT2D eigenvalue weighted by Gasteiger charge is 2.18. The average Bonchev–Trinajstić information content (AvgIpc) is 3.08.